The van der Waals surface area contributed by atoms with E-state index in [1.807, 2.05) is 85.8 Å². The molecule has 4 aromatic carbocycles. The molecule has 180 valence electrons. The number of hydrogen-bond acceptors (Lipinski definition) is 5. The molecule has 0 fully saturated rings. The van der Waals surface area contributed by atoms with Gasteiger partial charge in [0.25, 0.3) is 0 Å². The number of benzene rings is 4. The van der Waals surface area contributed by atoms with Gasteiger partial charge in [0.05, 0.1) is 5.69 Å². The van der Waals surface area contributed by atoms with Crippen LogP contribution in [-0.2, 0) is 0 Å². The Bertz CT molecular complexity index is 1710. The van der Waals surface area contributed by atoms with Crippen molar-refractivity contribution in [2.45, 2.75) is 6.92 Å². The van der Waals surface area contributed by atoms with Gasteiger partial charge in [0.15, 0.2) is 5.75 Å². The summed E-state index contributed by atoms with van der Waals surface area (Å²) >= 11 is 6.10. The highest BCUT2D eigenvalue weighted by Crippen LogP contribution is 2.29. The van der Waals surface area contributed by atoms with Gasteiger partial charge in [-0.3, -0.25) is 0 Å². The second-order valence-corrected chi connectivity index (χ2v) is 8.95. The van der Waals surface area contributed by atoms with Crippen LogP contribution in [0.1, 0.15) is 15.9 Å². The predicted molar refractivity (Wildman–Crippen MR) is 143 cm³/mol. The maximum Gasteiger partial charge on any atom is 0.347 e. The highest BCUT2D eigenvalue weighted by molar-refractivity contribution is 6.30. The lowest BCUT2D eigenvalue weighted by Crippen LogP contribution is -2.12. The lowest BCUT2D eigenvalue weighted by Gasteiger charge is -2.10. The minimum atomic E-state index is -0.547. The molecule has 0 spiro atoms. The van der Waals surface area contributed by atoms with Gasteiger partial charge in [-0.25, -0.2) is 9.48 Å². The Morgan fingerprint density at radius 2 is 1.49 bits per heavy atom. The van der Waals surface area contributed by atoms with Crippen LogP contribution in [0.4, 0.5) is 0 Å². The molecule has 0 aliphatic rings. The van der Waals surface area contributed by atoms with Crippen LogP contribution in [0.2, 0.25) is 5.02 Å². The Labute approximate surface area is 217 Å². The van der Waals surface area contributed by atoms with Crippen molar-refractivity contribution in [1.82, 2.24) is 24.8 Å². The molecule has 0 saturated carbocycles. The van der Waals surface area contributed by atoms with Crippen LogP contribution >= 0.6 is 11.6 Å². The van der Waals surface area contributed by atoms with E-state index in [4.69, 9.17) is 21.4 Å². The Balaban J connectivity index is 1.42. The summed E-state index contributed by atoms with van der Waals surface area (Å²) in [4.78, 5) is 15.1. The second kappa shape index (κ2) is 9.37. The lowest BCUT2D eigenvalue weighted by atomic mass is 10.1. The smallest absolute Gasteiger partial charge is 0.347 e. The molecule has 0 radical (unpaired) electrons. The van der Waals surface area contributed by atoms with Crippen LogP contribution in [0.25, 0.3) is 33.7 Å². The van der Waals surface area contributed by atoms with E-state index in [1.165, 1.54) is 4.80 Å². The number of aromatic nitrogens is 5. The topological polar surface area (TPSA) is 74.8 Å². The van der Waals surface area contributed by atoms with Crippen molar-refractivity contribution in [3.63, 3.8) is 0 Å². The van der Waals surface area contributed by atoms with Crippen LogP contribution < -0.4 is 4.74 Å². The third kappa shape index (κ3) is 4.48. The molecular formula is C29H20ClN5O2. The maximum absolute atomic E-state index is 13.6. The normalized spacial score (nSPS) is 11.1. The fourth-order valence-electron chi connectivity index (χ4n) is 4.05. The number of fused-ring (bicyclic) bond motifs is 1. The van der Waals surface area contributed by atoms with E-state index >= 15 is 0 Å². The molecule has 37 heavy (non-hydrogen) atoms. The Hall–Kier alpha value is -4.75. The summed E-state index contributed by atoms with van der Waals surface area (Å²) in [6.45, 7) is 1.96. The number of aryl methyl sites for hydroxylation is 1. The quantitative estimate of drug-likeness (QED) is 0.199. The first-order valence-electron chi connectivity index (χ1n) is 11.6. The number of nitrogens with zero attached hydrogens (tertiary/aromatic N) is 5. The molecule has 2 aromatic heterocycles. The summed E-state index contributed by atoms with van der Waals surface area (Å²) in [6, 6.07) is 29.9. The van der Waals surface area contributed by atoms with Crippen molar-refractivity contribution in [2.75, 3.05) is 0 Å². The predicted octanol–water partition coefficient (Wildman–Crippen LogP) is 6.45. The third-order valence-electron chi connectivity index (χ3n) is 5.89. The average molecular weight is 506 g/mol. The Morgan fingerprint density at radius 1 is 0.811 bits per heavy atom. The summed E-state index contributed by atoms with van der Waals surface area (Å²) in [5, 5.41) is 14.4. The molecule has 6 aromatic rings. The van der Waals surface area contributed by atoms with Gasteiger partial charge in [0.1, 0.15) is 28.0 Å². The molecule has 7 nitrogen and oxygen atoms in total. The molecule has 0 aliphatic heterocycles. The van der Waals surface area contributed by atoms with E-state index in [2.05, 4.69) is 10.2 Å². The zero-order chi connectivity index (χ0) is 25.4. The van der Waals surface area contributed by atoms with E-state index in [0.29, 0.717) is 27.7 Å². The molecule has 6 rings (SSSR count). The monoisotopic (exact) mass is 505 g/mol. The zero-order valence-electron chi connectivity index (χ0n) is 19.7. The minimum absolute atomic E-state index is 0.316. The van der Waals surface area contributed by atoms with E-state index in [1.54, 1.807) is 29.1 Å². The molecule has 0 saturated heterocycles. The lowest BCUT2D eigenvalue weighted by molar-refractivity contribution is 0.0735. The van der Waals surface area contributed by atoms with Gasteiger partial charge in [0, 0.05) is 16.8 Å². The van der Waals surface area contributed by atoms with Crippen molar-refractivity contribution >= 4 is 28.6 Å². The number of esters is 1. The average Bonchev–Trinajstić information content (AvgIpc) is 3.56. The van der Waals surface area contributed by atoms with Gasteiger partial charge < -0.3 is 4.74 Å². The molecule has 0 unspecified atom stereocenters. The highest BCUT2D eigenvalue weighted by Gasteiger charge is 2.22. The molecule has 0 aliphatic carbocycles. The van der Waals surface area contributed by atoms with Gasteiger partial charge in [-0.05, 0) is 61.0 Å². The fraction of sp³-hybridized carbons (Fsp3) is 0.0345. The van der Waals surface area contributed by atoms with Crippen LogP contribution in [-0.4, -0.2) is 30.7 Å². The highest BCUT2D eigenvalue weighted by atomic mass is 35.5. The number of ether oxygens (including phenoxy) is 1. The largest absolute Gasteiger partial charge is 0.420 e. The van der Waals surface area contributed by atoms with Crippen molar-refractivity contribution in [2.24, 2.45) is 0 Å². The molecule has 8 heteroatoms. The first kappa shape index (κ1) is 22.7. The van der Waals surface area contributed by atoms with Gasteiger partial charge in [-0.1, -0.05) is 60.1 Å². The molecule has 0 atom stereocenters. The van der Waals surface area contributed by atoms with Gasteiger partial charge in [0.2, 0.25) is 0 Å². The summed E-state index contributed by atoms with van der Waals surface area (Å²) in [6.07, 6.45) is 1.68. The van der Waals surface area contributed by atoms with E-state index < -0.39 is 5.97 Å². The summed E-state index contributed by atoms with van der Waals surface area (Å²) in [5.74, 6) is -0.209. The molecule has 0 amide bonds. The van der Waals surface area contributed by atoms with Crippen molar-refractivity contribution in [3.8, 4) is 28.4 Å². The van der Waals surface area contributed by atoms with E-state index in [9.17, 15) is 4.79 Å². The van der Waals surface area contributed by atoms with E-state index in [-0.39, 0.29) is 0 Å². The molecular weight excluding hydrogens is 486 g/mol. The van der Waals surface area contributed by atoms with Gasteiger partial charge in [-0.2, -0.15) is 5.10 Å². The third-order valence-corrected chi connectivity index (χ3v) is 6.14. The SMILES string of the molecule is Cc1ccc(OC(=O)c2cn(-c3ccccc3)nc2-c2ccc(Cl)cc2)c(-n2nc3ccccc3n2)c1. The van der Waals surface area contributed by atoms with Gasteiger partial charge >= 0.3 is 5.97 Å². The molecule has 0 N–H and O–H groups in total. The minimum Gasteiger partial charge on any atom is -0.420 e. The van der Waals surface area contributed by atoms with E-state index in [0.717, 1.165) is 27.8 Å². The maximum atomic E-state index is 13.6. The number of rotatable bonds is 5. The first-order chi connectivity index (χ1) is 18.0. The summed E-state index contributed by atoms with van der Waals surface area (Å²) < 4.78 is 7.62. The number of halogens is 1. The van der Waals surface area contributed by atoms with Crippen molar-refractivity contribution in [3.05, 3.63) is 119 Å². The first-order valence-corrected chi connectivity index (χ1v) is 12.0. The van der Waals surface area contributed by atoms with Crippen LogP contribution in [0.3, 0.4) is 0 Å². The van der Waals surface area contributed by atoms with Gasteiger partial charge in [-0.15, -0.1) is 15.0 Å². The fourth-order valence-corrected chi connectivity index (χ4v) is 4.18. The summed E-state index contributed by atoms with van der Waals surface area (Å²) in [7, 11) is 0. The standard InChI is InChI=1S/C29H20ClN5O2/c1-19-11-16-27(26(17-19)35-31-24-9-5-6-10-25(24)32-35)37-29(36)23-18-34(22-7-3-2-4-8-22)33-28(23)20-12-14-21(30)15-13-20/h2-18H,1H3. The Morgan fingerprint density at radius 3 is 2.19 bits per heavy atom. The summed E-state index contributed by atoms with van der Waals surface area (Å²) in [5.41, 5.74) is 5.41. The second-order valence-electron chi connectivity index (χ2n) is 8.52. The number of para-hydroxylation sites is 1. The molecule has 2 heterocycles. The number of carbonyl (C=O) groups is 1. The zero-order valence-corrected chi connectivity index (χ0v) is 20.5. The number of carbonyl (C=O) groups excluding carboxylic acids is 1. The van der Waals surface area contributed by atoms with Crippen molar-refractivity contribution in [1.29, 1.82) is 0 Å². The van der Waals surface area contributed by atoms with Crippen molar-refractivity contribution < 1.29 is 9.53 Å². The van der Waals surface area contributed by atoms with Crippen LogP contribution in [0.5, 0.6) is 5.75 Å². The molecule has 0 bridgehead atoms. The Kier molecular flexibility index (Phi) is 5.75. The van der Waals surface area contributed by atoms with Crippen LogP contribution in [0.15, 0.2) is 103 Å². The number of hydrogen-bond donors (Lipinski definition) is 0. The van der Waals surface area contributed by atoms with Crippen LogP contribution in [0, 0.1) is 6.92 Å².